The van der Waals surface area contributed by atoms with Crippen LogP contribution in [-0.4, -0.2) is 40.9 Å². The number of aromatic nitrogens is 6. The van der Waals surface area contributed by atoms with E-state index in [2.05, 4.69) is 25.3 Å². The predicted molar refractivity (Wildman–Crippen MR) is 62.6 cm³/mol. The SMILES string of the molecule is CCc1nnc2sc(-c3[nH]cnc3C(=O)O)nn12. The van der Waals surface area contributed by atoms with Gasteiger partial charge in [0.05, 0.1) is 6.33 Å². The van der Waals surface area contributed by atoms with E-state index in [0.717, 1.165) is 5.82 Å². The Morgan fingerprint density at radius 2 is 2.39 bits per heavy atom. The molecule has 0 aliphatic rings. The summed E-state index contributed by atoms with van der Waals surface area (Å²) >= 11 is 1.27. The minimum absolute atomic E-state index is 0.0435. The maximum Gasteiger partial charge on any atom is 0.356 e. The highest BCUT2D eigenvalue weighted by Crippen LogP contribution is 2.26. The Balaban J connectivity index is 2.16. The lowest BCUT2D eigenvalue weighted by Crippen LogP contribution is -2.00. The molecule has 0 aliphatic heterocycles. The standard InChI is InChI=1S/C9H8N6O2S/c1-2-4-12-13-9-15(4)14-7(18-9)5-6(8(16)17)11-3-10-5/h3H,2H2,1H3,(H,10,11)(H,16,17). The smallest absolute Gasteiger partial charge is 0.356 e. The molecule has 0 saturated carbocycles. The number of fused-ring (bicyclic) bond motifs is 1. The minimum Gasteiger partial charge on any atom is -0.476 e. The van der Waals surface area contributed by atoms with Crippen molar-refractivity contribution in [2.24, 2.45) is 0 Å². The Labute approximate surface area is 104 Å². The summed E-state index contributed by atoms with van der Waals surface area (Å²) in [6.07, 6.45) is 2.04. The lowest BCUT2D eigenvalue weighted by molar-refractivity contribution is 0.0692. The van der Waals surface area contributed by atoms with Gasteiger partial charge in [-0.15, -0.1) is 10.2 Å². The van der Waals surface area contributed by atoms with Gasteiger partial charge in [0.1, 0.15) is 5.69 Å². The molecule has 3 aromatic heterocycles. The second-order valence-electron chi connectivity index (χ2n) is 3.50. The largest absolute Gasteiger partial charge is 0.476 e. The first-order valence-corrected chi connectivity index (χ1v) is 6.00. The third-order valence-corrected chi connectivity index (χ3v) is 3.34. The summed E-state index contributed by atoms with van der Waals surface area (Å²) in [5, 5.41) is 21.8. The number of nitrogens with one attached hydrogen (secondary N) is 1. The molecule has 0 unspecified atom stereocenters. The third-order valence-electron chi connectivity index (χ3n) is 2.43. The van der Waals surface area contributed by atoms with E-state index in [-0.39, 0.29) is 5.69 Å². The fraction of sp³-hybridized carbons (Fsp3) is 0.222. The summed E-state index contributed by atoms with van der Waals surface area (Å²) in [4.78, 5) is 18.2. The summed E-state index contributed by atoms with van der Waals surface area (Å²) in [6.45, 7) is 1.95. The number of rotatable bonds is 3. The van der Waals surface area contributed by atoms with Gasteiger partial charge in [-0.25, -0.2) is 9.78 Å². The quantitative estimate of drug-likeness (QED) is 0.725. The Morgan fingerprint density at radius 1 is 1.56 bits per heavy atom. The molecule has 0 amide bonds. The molecule has 18 heavy (non-hydrogen) atoms. The first-order chi connectivity index (χ1) is 8.70. The van der Waals surface area contributed by atoms with Gasteiger partial charge in [-0.2, -0.15) is 9.61 Å². The molecule has 0 radical (unpaired) electrons. The van der Waals surface area contributed by atoms with Gasteiger partial charge in [-0.1, -0.05) is 18.3 Å². The number of aromatic carboxylic acids is 1. The third kappa shape index (κ3) is 1.48. The van der Waals surface area contributed by atoms with Crippen molar-refractivity contribution in [2.75, 3.05) is 0 Å². The Bertz CT molecular complexity index is 726. The average molecular weight is 264 g/mol. The fourth-order valence-corrected chi connectivity index (χ4v) is 2.47. The fourth-order valence-electron chi connectivity index (χ4n) is 1.60. The van der Waals surface area contributed by atoms with Gasteiger partial charge in [0.2, 0.25) is 4.96 Å². The molecule has 3 aromatic rings. The first kappa shape index (κ1) is 10.8. The zero-order valence-electron chi connectivity index (χ0n) is 9.28. The summed E-state index contributed by atoms with van der Waals surface area (Å²) in [6, 6.07) is 0. The topological polar surface area (TPSA) is 109 Å². The molecule has 0 atom stereocenters. The Kier molecular flexibility index (Phi) is 2.33. The van der Waals surface area contributed by atoms with Crippen LogP contribution in [0.3, 0.4) is 0 Å². The highest BCUT2D eigenvalue weighted by atomic mass is 32.1. The van der Waals surface area contributed by atoms with E-state index in [1.54, 1.807) is 4.52 Å². The molecular weight excluding hydrogens is 256 g/mol. The zero-order chi connectivity index (χ0) is 12.7. The lowest BCUT2D eigenvalue weighted by Gasteiger charge is -1.92. The maximum atomic E-state index is 11.0. The summed E-state index contributed by atoms with van der Waals surface area (Å²) < 4.78 is 1.62. The van der Waals surface area contributed by atoms with Crippen LogP contribution in [0.1, 0.15) is 23.2 Å². The van der Waals surface area contributed by atoms with Crippen LogP contribution in [0.4, 0.5) is 0 Å². The van der Waals surface area contributed by atoms with Gasteiger partial charge in [-0.05, 0) is 0 Å². The highest BCUT2D eigenvalue weighted by molar-refractivity contribution is 7.19. The van der Waals surface area contributed by atoms with Gasteiger partial charge in [0.15, 0.2) is 16.5 Å². The van der Waals surface area contributed by atoms with Gasteiger partial charge in [0.25, 0.3) is 0 Å². The van der Waals surface area contributed by atoms with Gasteiger partial charge >= 0.3 is 5.97 Å². The van der Waals surface area contributed by atoms with Crippen LogP contribution in [-0.2, 0) is 6.42 Å². The van der Waals surface area contributed by atoms with E-state index >= 15 is 0 Å². The molecule has 92 valence electrons. The minimum atomic E-state index is -1.09. The van der Waals surface area contributed by atoms with Crippen molar-refractivity contribution in [3.8, 4) is 10.7 Å². The van der Waals surface area contributed by atoms with Crippen molar-refractivity contribution in [3.63, 3.8) is 0 Å². The van der Waals surface area contributed by atoms with E-state index in [1.165, 1.54) is 17.7 Å². The number of hydrogen-bond donors (Lipinski definition) is 2. The molecule has 9 heteroatoms. The summed E-state index contributed by atoms with van der Waals surface area (Å²) in [5.74, 6) is -0.350. The van der Waals surface area contributed by atoms with E-state index in [0.29, 0.717) is 22.1 Å². The molecular formula is C9H8N6O2S. The van der Waals surface area contributed by atoms with E-state index in [9.17, 15) is 4.79 Å². The van der Waals surface area contributed by atoms with Crippen molar-refractivity contribution in [1.82, 2.24) is 29.8 Å². The first-order valence-electron chi connectivity index (χ1n) is 5.19. The molecule has 8 nitrogen and oxygen atoms in total. The molecule has 0 aromatic carbocycles. The van der Waals surface area contributed by atoms with Crippen LogP contribution < -0.4 is 0 Å². The summed E-state index contributed by atoms with van der Waals surface area (Å²) in [7, 11) is 0. The van der Waals surface area contributed by atoms with Crippen LogP contribution in [0.25, 0.3) is 15.7 Å². The molecule has 3 rings (SSSR count). The molecule has 0 fully saturated rings. The number of hydrogen-bond acceptors (Lipinski definition) is 6. The maximum absolute atomic E-state index is 11.0. The number of H-pyrrole nitrogens is 1. The van der Waals surface area contributed by atoms with Crippen LogP contribution in [0.5, 0.6) is 0 Å². The number of carboxylic acids is 1. The van der Waals surface area contributed by atoms with Crippen LogP contribution in [0.2, 0.25) is 0 Å². The zero-order valence-corrected chi connectivity index (χ0v) is 10.1. The van der Waals surface area contributed by atoms with Gasteiger partial charge < -0.3 is 10.1 Å². The molecule has 0 bridgehead atoms. The lowest BCUT2D eigenvalue weighted by atomic mass is 10.3. The molecule has 2 N–H and O–H groups in total. The van der Waals surface area contributed by atoms with Crippen molar-refractivity contribution in [2.45, 2.75) is 13.3 Å². The van der Waals surface area contributed by atoms with Crippen LogP contribution in [0, 0.1) is 0 Å². The van der Waals surface area contributed by atoms with E-state index in [4.69, 9.17) is 5.11 Å². The normalized spacial score (nSPS) is 11.2. The second kappa shape index (κ2) is 3.88. The van der Waals surface area contributed by atoms with Crippen molar-refractivity contribution in [1.29, 1.82) is 0 Å². The highest BCUT2D eigenvalue weighted by Gasteiger charge is 2.19. The van der Waals surface area contributed by atoms with Crippen LogP contribution >= 0.6 is 11.3 Å². The monoisotopic (exact) mass is 264 g/mol. The number of aryl methyl sites for hydroxylation is 1. The molecule has 0 aliphatic carbocycles. The van der Waals surface area contributed by atoms with Crippen molar-refractivity contribution < 1.29 is 9.90 Å². The second-order valence-corrected chi connectivity index (χ2v) is 4.46. The summed E-state index contributed by atoms with van der Waals surface area (Å²) in [5.41, 5.74) is 0.345. The van der Waals surface area contributed by atoms with Gasteiger partial charge in [0, 0.05) is 6.42 Å². The van der Waals surface area contributed by atoms with Crippen molar-refractivity contribution in [3.05, 3.63) is 17.8 Å². The predicted octanol–water partition coefficient (Wildman–Crippen LogP) is 0.837. The number of nitrogens with zero attached hydrogens (tertiary/aromatic N) is 5. The van der Waals surface area contributed by atoms with Crippen molar-refractivity contribution >= 4 is 22.3 Å². The van der Waals surface area contributed by atoms with E-state index in [1.807, 2.05) is 6.92 Å². The number of imidazole rings is 1. The molecule has 0 spiro atoms. The molecule has 0 saturated heterocycles. The Hall–Kier alpha value is -2.29. The number of carbonyl (C=O) groups is 1. The van der Waals surface area contributed by atoms with E-state index < -0.39 is 5.97 Å². The molecule has 3 heterocycles. The average Bonchev–Trinajstić information content (AvgIpc) is 3.02. The number of carboxylic acid groups (broad SMARTS) is 1. The Morgan fingerprint density at radius 3 is 3.11 bits per heavy atom. The number of aromatic amines is 1. The van der Waals surface area contributed by atoms with Crippen LogP contribution in [0.15, 0.2) is 6.33 Å². The van der Waals surface area contributed by atoms with Gasteiger partial charge in [-0.3, -0.25) is 0 Å².